The van der Waals surface area contributed by atoms with Crippen LogP contribution in [0.4, 0.5) is 0 Å². The van der Waals surface area contributed by atoms with Gasteiger partial charge in [-0.25, -0.2) is 4.98 Å². The molecule has 2 aromatic carbocycles. The van der Waals surface area contributed by atoms with E-state index in [-0.39, 0.29) is 17.9 Å². The van der Waals surface area contributed by atoms with Crippen molar-refractivity contribution in [2.45, 2.75) is 57.3 Å². The zero-order valence-corrected chi connectivity index (χ0v) is 19.8. The van der Waals surface area contributed by atoms with Gasteiger partial charge in [-0.05, 0) is 54.5 Å². The van der Waals surface area contributed by atoms with Crippen molar-refractivity contribution in [1.29, 1.82) is 0 Å². The molecule has 0 radical (unpaired) electrons. The number of nitrogens with zero attached hydrogens (tertiary/aromatic N) is 2. The number of amides is 2. The van der Waals surface area contributed by atoms with Crippen molar-refractivity contribution in [3.63, 3.8) is 0 Å². The van der Waals surface area contributed by atoms with Crippen molar-refractivity contribution >= 4 is 11.8 Å². The van der Waals surface area contributed by atoms with E-state index in [0.717, 1.165) is 36.8 Å². The number of carbonyl (C=O) groups is 2. The van der Waals surface area contributed by atoms with Crippen LogP contribution in [-0.2, 0) is 17.9 Å². The fraction of sp³-hybridized carbons (Fsp3) is 0.345. The van der Waals surface area contributed by atoms with Gasteiger partial charge in [0.15, 0.2) is 0 Å². The summed E-state index contributed by atoms with van der Waals surface area (Å²) in [4.78, 5) is 33.0. The van der Waals surface area contributed by atoms with Crippen molar-refractivity contribution in [3.05, 3.63) is 95.7 Å². The van der Waals surface area contributed by atoms with Crippen LogP contribution < -0.4 is 10.1 Å². The average Bonchev–Trinajstić information content (AvgIpc) is 3.31. The Bertz CT molecular complexity index is 1150. The molecule has 3 aromatic rings. The van der Waals surface area contributed by atoms with Crippen LogP contribution >= 0.6 is 0 Å². The number of ether oxygens (including phenoxy) is 1. The second-order valence-electron chi connectivity index (χ2n) is 9.44. The summed E-state index contributed by atoms with van der Waals surface area (Å²) in [6, 6.07) is 22.7. The standard InChI is InChI=1S/C29H31N3O3/c33-28(31-19-22-15-16-30-27(17-22)35-20-21-9-3-1-4-10-21)26-18-24-13-7-8-14-25(24)32(26)29(34)23-11-5-2-6-12-23/h1-6,9-12,15-17,24-26H,7-8,13-14,18-20H2,(H,31,33). The minimum Gasteiger partial charge on any atom is -0.473 e. The lowest BCUT2D eigenvalue weighted by Crippen LogP contribution is -2.49. The minimum absolute atomic E-state index is 0.0411. The topological polar surface area (TPSA) is 71.5 Å². The first-order valence-electron chi connectivity index (χ1n) is 12.5. The van der Waals surface area contributed by atoms with Gasteiger partial charge in [0.25, 0.3) is 5.91 Å². The quantitative estimate of drug-likeness (QED) is 0.542. The predicted molar refractivity (Wildman–Crippen MR) is 134 cm³/mol. The Hall–Kier alpha value is -3.67. The first kappa shape index (κ1) is 23.1. The highest BCUT2D eigenvalue weighted by Gasteiger charge is 2.47. The number of benzene rings is 2. The Balaban J connectivity index is 1.25. The van der Waals surface area contributed by atoms with Crippen molar-refractivity contribution in [1.82, 2.24) is 15.2 Å². The van der Waals surface area contributed by atoms with Crippen LogP contribution in [0.3, 0.4) is 0 Å². The monoisotopic (exact) mass is 469 g/mol. The lowest BCUT2D eigenvalue weighted by atomic mass is 9.84. The van der Waals surface area contributed by atoms with Crippen molar-refractivity contribution in [2.75, 3.05) is 0 Å². The molecule has 1 aliphatic heterocycles. The van der Waals surface area contributed by atoms with Crippen LogP contribution in [0.25, 0.3) is 0 Å². The van der Waals surface area contributed by atoms with Gasteiger partial charge in [-0.15, -0.1) is 0 Å². The molecule has 2 aliphatic rings. The molecule has 1 aromatic heterocycles. The Kier molecular flexibility index (Phi) is 7.07. The van der Waals surface area contributed by atoms with Crippen LogP contribution in [0.15, 0.2) is 79.0 Å². The average molecular weight is 470 g/mol. The van der Waals surface area contributed by atoms with Crippen LogP contribution in [0.2, 0.25) is 0 Å². The summed E-state index contributed by atoms with van der Waals surface area (Å²) in [6.45, 7) is 0.799. The Morgan fingerprint density at radius 1 is 0.943 bits per heavy atom. The molecule has 6 nitrogen and oxygen atoms in total. The molecule has 1 saturated heterocycles. The minimum atomic E-state index is -0.438. The van der Waals surface area contributed by atoms with Gasteiger partial charge in [0.05, 0.1) is 0 Å². The first-order valence-corrected chi connectivity index (χ1v) is 12.5. The molecular weight excluding hydrogens is 438 g/mol. The number of aromatic nitrogens is 1. The smallest absolute Gasteiger partial charge is 0.254 e. The lowest BCUT2D eigenvalue weighted by molar-refractivity contribution is -0.125. The molecule has 2 heterocycles. The number of hydrogen-bond donors (Lipinski definition) is 1. The molecule has 0 spiro atoms. The van der Waals surface area contributed by atoms with Crippen LogP contribution in [0, 0.1) is 5.92 Å². The molecule has 180 valence electrons. The van der Waals surface area contributed by atoms with Gasteiger partial charge < -0.3 is 15.0 Å². The normalized spacial score (nSPS) is 21.3. The number of fused-ring (bicyclic) bond motifs is 1. The van der Waals surface area contributed by atoms with E-state index in [1.54, 1.807) is 6.20 Å². The number of hydrogen-bond acceptors (Lipinski definition) is 4. The lowest BCUT2D eigenvalue weighted by Gasteiger charge is -2.33. The molecule has 3 unspecified atom stereocenters. The summed E-state index contributed by atoms with van der Waals surface area (Å²) in [5, 5.41) is 3.07. The summed E-state index contributed by atoms with van der Waals surface area (Å²) in [6.07, 6.45) is 6.76. The Morgan fingerprint density at radius 3 is 2.49 bits per heavy atom. The van der Waals surface area contributed by atoms with Gasteiger partial charge in [0.2, 0.25) is 11.8 Å². The second kappa shape index (κ2) is 10.7. The zero-order valence-electron chi connectivity index (χ0n) is 19.8. The molecule has 35 heavy (non-hydrogen) atoms. The fourth-order valence-electron chi connectivity index (χ4n) is 5.39. The van der Waals surface area contributed by atoms with E-state index >= 15 is 0 Å². The number of pyridine rings is 1. The van der Waals surface area contributed by atoms with Gasteiger partial charge in [-0.1, -0.05) is 61.4 Å². The van der Waals surface area contributed by atoms with E-state index in [4.69, 9.17) is 4.74 Å². The van der Waals surface area contributed by atoms with E-state index < -0.39 is 6.04 Å². The van der Waals surface area contributed by atoms with Gasteiger partial charge in [-0.2, -0.15) is 0 Å². The van der Waals surface area contributed by atoms with Crippen LogP contribution in [0.5, 0.6) is 5.88 Å². The molecule has 1 aliphatic carbocycles. The van der Waals surface area contributed by atoms with Crippen LogP contribution in [-0.4, -0.2) is 33.8 Å². The summed E-state index contributed by atoms with van der Waals surface area (Å²) >= 11 is 0. The third kappa shape index (κ3) is 5.37. The molecule has 1 N–H and O–H groups in total. The fourth-order valence-corrected chi connectivity index (χ4v) is 5.39. The van der Waals surface area contributed by atoms with Crippen molar-refractivity contribution in [3.8, 4) is 5.88 Å². The third-order valence-electron chi connectivity index (χ3n) is 7.14. The molecule has 2 amide bonds. The molecule has 5 rings (SSSR count). The number of likely N-dealkylation sites (tertiary alicyclic amines) is 1. The second-order valence-corrected chi connectivity index (χ2v) is 9.44. The largest absolute Gasteiger partial charge is 0.473 e. The van der Waals surface area contributed by atoms with E-state index in [0.29, 0.717) is 30.5 Å². The van der Waals surface area contributed by atoms with Crippen molar-refractivity contribution < 1.29 is 14.3 Å². The van der Waals surface area contributed by atoms with Gasteiger partial charge in [-0.3, -0.25) is 9.59 Å². The molecular formula is C29H31N3O3. The highest BCUT2D eigenvalue weighted by Crippen LogP contribution is 2.40. The van der Waals surface area contributed by atoms with Gasteiger partial charge >= 0.3 is 0 Å². The molecule has 0 bridgehead atoms. The first-order chi connectivity index (χ1) is 17.2. The molecule has 2 fully saturated rings. The Morgan fingerprint density at radius 2 is 1.69 bits per heavy atom. The number of rotatable bonds is 7. The highest BCUT2D eigenvalue weighted by atomic mass is 16.5. The number of carbonyl (C=O) groups excluding carboxylic acids is 2. The van der Waals surface area contributed by atoms with E-state index in [1.165, 1.54) is 6.42 Å². The van der Waals surface area contributed by atoms with E-state index in [2.05, 4.69) is 10.3 Å². The maximum Gasteiger partial charge on any atom is 0.254 e. The molecule has 1 saturated carbocycles. The summed E-state index contributed by atoms with van der Waals surface area (Å²) < 4.78 is 5.82. The summed E-state index contributed by atoms with van der Waals surface area (Å²) in [5.74, 6) is 0.785. The maximum absolute atomic E-state index is 13.4. The van der Waals surface area contributed by atoms with E-state index in [9.17, 15) is 9.59 Å². The Labute approximate surface area is 206 Å². The summed E-state index contributed by atoms with van der Waals surface area (Å²) in [5.41, 5.74) is 2.62. The maximum atomic E-state index is 13.4. The van der Waals surface area contributed by atoms with Crippen LogP contribution in [0.1, 0.15) is 53.6 Å². The molecule has 6 heteroatoms. The van der Waals surface area contributed by atoms with Gasteiger partial charge in [0.1, 0.15) is 12.6 Å². The molecule has 3 atom stereocenters. The van der Waals surface area contributed by atoms with Gasteiger partial charge in [0, 0.05) is 30.4 Å². The zero-order chi connectivity index (χ0) is 24.0. The highest BCUT2D eigenvalue weighted by molar-refractivity contribution is 5.98. The predicted octanol–water partition coefficient (Wildman–Crippen LogP) is 4.75. The SMILES string of the molecule is O=C(NCc1ccnc(OCc2ccccc2)c1)C1CC2CCCCC2N1C(=O)c1ccccc1. The summed E-state index contributed by atoms with van der Waals surface area (Å²) in [7, 11) is 0. The van der Waals surface area contributed by atoms with Crippen molar-refractivity contribution in [2.24, 2.45) is 5.92 Å². The third-order valence-corrected chi connectivity index (χ3v) is 7.14. The number of nitrogens with one attached hydrogen (secondary N) is 1. The van der Waals surface area contributed by atoms with E-state index in [1.807, 2.05) is 77.7 Å².